The second-order valence-corrected chi connectivity index (χ2v) is 7.64. The number of amides is 2. The molecular formula is C21H25N5O4. The number of hydrogen-bond donors (Lipinski definition) is 1. The number of methoxy groups -OCH3 is 2. The maximum atomic E-state index is 13.5. The Hall–Kier alpha value is -3.36. The summed E-state index contributed by atoms with van der Waals surface area (Å²) in [6.07, 6.45) is 2.18. The van der Waals surface area contributed by atoms with Crippen molar-refractivity contribution in [1.82, 2.24) is 20.2 Å². The van der Waals surface area contributed by atoms with Crippen LogP contribution in [0.15, 0.2) is 36.5 Å². The monoisotopic (exact) mass is 411 g/mol. The number of piperazine rings is 1. The quantitative estimate of drug-likeness (QED) is 0.739. The molecule has 0 bridgehead atoms. The zero-order valence-electron chi connectivity index (χ0n) is 17.1. The summed E-state index contributed by atoms with van der Waals surface area (Å²) in [6.45, 7) is 2.01. The van der Waals surface area contributed by atoms with Crippen molar-refractivity contribution in [3.63, 3.8) is 0 Å². The van der Waals surface area contributed by atoms with Crippen LogP contribution >= 0.6 is 0 Å². The van der Waals surface area contributed by atoms with Crippen molar-refractivity contribution in [2.24, 2.45) is 5.41 Å². The van der Waals surface area contributed by atoms with Gasteiger partial charge >= 0.3 is 0 Å². The van der Waals surface area contributed by atoms with E-state index >= 15 is 0 Å². The topological polar surface area (TPSA) is 96.9 Å². The van der Waals surface area contributed by atoms with Crippen molar-refractivity contribution in [1.29, 1.82) is 0 Å². The molecule has 9 heteroatoms. The Balaban J connectivity index is 1.58. The summed E-state index contributed by atoms with van der Waals surface area (Å²) in [5.41, 5.74) is 0.353. The highest BCUT2D eigenvalue weighted by molar-refractivity contribution is 5.91. The number of benzene rings is 1. The minimum Gasteiger partial charge on any atom is -0.497 e. The van der Waals surface area contributed by atoms with Crippen LogP contribution in [0.3, 0.4) is 0 Å². The summed E-state index contributed by atoms with van der Waals surface area (Å²) < 4.78 is 10.5. The van der Waals surface area contributed by atoms with Gasteiger partial charge in [-0.25, -0.2) is 4.98 Å². The lowest BCUT2D eigenvalue weighted by Crippen LogP contribution is -2.67. The SMILES string of the molecule is COc1cccc(CC2(C(=O)N3CCNC(=O)C3)CN(c3nccc(OC)n3)C2)c1. The summed E-state index contributed by atoms with van der Waals surface area (Å²) in [4.78, 5) is 37.7. The number of nitrogens with zero attached hydrogens (tertiary/aromatic N) is 4. The van der Waals surface area contributed by atoms with Gasteiger partial charge in [0.1, 0.15) is 5.75 Å². The van der Waals surface area contributed by atoms with E-state index in [0.29, 0.717) is 44.4 Å². The Morgan fingerprint density at radius 2 is 2.07 bits per heavy atom. The summed E-state index contributed by atoms with van der Waals surface area (Å²) in [7, 11) is 3.18. The van der Waals surface area contributed by atoms with Gasteiger partial charge in [-0.1, -0.05) is 12.1 Å². The average Bonchev–Trinajstić information content (AvgIpc) is 2.75. The van der Waals surface area contributed by atoms with Gasteiger partial charge in [-0.3, -0.25) is 9.59 Å². The summed E-state index contributed by atoms with van der Waals surface area (Å²) in [6, 6.07) is 9.42. The van der Waals surface area contributed by atoms with E-state index in [1.165, 1.54) is 0 Å². The molecule has 158 valence electrons. The number of carbonyl (C=O) groups excluding carboxylic acids is 2. The summed E-state index contributed by atoms with van der Waals surface area (Å²) >= 11 is 0. The molecule has 0 spiro atoms. The van der Waals surface area contributed by atoms with Crippen LogP contribution in [0.25, 0.3) is 0 Å². The van der Waals surface area contributed by atoms with E-state index in [0.717, 1.165) is 11.3 Å². The molecule has 2 saturated heterocycles. The standard InChI is InChI=1S/C21H25N5O4/c1-29-16-5-3-4-15(10-16)11-21(19(28)25-9-8-22-17(27)12-25)13-26(14-21)20-23-7-6-18(24-20)30-2/h3-7,10H,8-9,11-14H2,1-2H3,(H,22,27). The minimum atomic E-state index is -0.656. The molecule has 0 unspecified atom stereocenters. The highest BCUT2D eigenvalue weighted by Crippen LogP contribution is 2.39. The molecular weight excluding hydrogens is 386 g/mol. The van der Waals surface area contributed by atoms with Gasteiger partial charge in [-0.2, -0.15) is 4.98 Å². The Morgan fingerprint density at radius 3 is 2.80 bits per heavy atom. The van der Waals surface area contributed by atoms with Gasteiger partial charge in [0.2, 0.25) is 23.6 Å². The first kappa shape index (κ1) is 19.9. The number of nitrogens with one attached hydrogen (secondary N) is 1. The number of hydrogen-bond acceptors (Lipinski definition) is 7. The van der Waals surface area contributed by atoms with Crippen LogP contribution in [-0.2, 0) is 16.0 Å². The fraction of sp³-hybridized carbons (Fsp3) is 0.429. The van der Waals surface area contributed by atoms with Gasteiger partial charge in [-0.05, 0) is 24.1 Å². The molecule has 4 rings (SSSR count). The molecule has 9 nitrogen and oxygen atoms in total. The van der Waals surface area contributed by atoms with Crippen LogP contribution < -0.4 is 19.7 Å². The molecule has 1 aromatic heterocycles. The predicted molar refractivity (Wildman–Crippen MR) is 110 cm³/mol. The van der Waals surface area contributed by atoms with Gasteiger partial charge in [0.25, 0.3) is 0 Å². The first-order valence-corrected chi connectivity index (χ1v) is 9.84. The van der Waals surface area contributed by atoms with Crippen molar-refractivity contribution in [2.75, 3.05) is 51.8 Å². The fourth-order valence-corrected chi connectivity index (χ4v) is 4.07. The van der Waals surface area contributed by atoms with E-state index in [4.69, 9.17) is 9.47 Å². The zero-order chi connectivity index (χ0) is 21.1. The Kier molecular flexibility index (Phi) is 5.43. The Morgan fingerprint density at radius 1 is 1.23 bits per heavy atom. The third kappa shape index (κ3) is 3.87. The van der Waals surface area contributed by atoms with Crippen molar-refractivity contribution in [3.05, 3.63) is 42.1 Å². The first-order chi connectivity index (χ1) is 14.5. The Bertz CT molecular complexity index is 944. The molecule has 1 N–H and O–H groups in total. The molecule has 2 aliphatic heterocycles. The number of rotatable bonds is 6. The van der Waals surface area contributed by atoms with Crippen LogP contribution in [0.1, 0.15) is 5.56 Å². The van der Waals surface area contributed by atoms with E-state index in [2.05, 4.69) is 15.3 Å². The van der Waals surface area contributed by atoms with Gasteiger partial charge in [0.15, 0.2) is 0 Å². The van der Waals surface area contributed by atoms with Crippen molar-refractivity contribution >= 4 is 17.8 Å². The van der Waals surface area contributed by atoms with Gasteiger partial charge in [0, 0.05) is 38.4 Å². The molecule has 0 saturated carbocycles. The average molecular weight is 411 g/mol. The van der Waals surface area contributed by atoms with Crippen LogP contribution in [-0.4, -0.2) is 73.6 Å². The second-order valence-electron chi connectivity index (χ2n) is 7.64. The third-order valence-electron chi connectivity index (χ3n) is 5.55. The van der Waals surface area contributed by atoms with Crippen LogP contribution in [0.2, 0.25) is 0 Å². The smallest absolute Gasteiger partial charge is 0.239 e. The predicted octanol–water partition coefficient (Wildman–Crippen LogP) is 0.501. The number of carbonyl (C=O) groups is 2. The molecule has 3 heterocycles. The molecule has 2 amide bonds. The first-order valence-electron chi connectivity index (χ1n) is 9.84. The molecule has 30 heavy (non-hydrogen) atoms. The van der Waals surface area contributed by atoms with Gasteiger partial charge in [-0.15, -0.1) is 0 Å². The lowest BCUT2D eigenvalue weighted by atomic mass is 9.73. The second kappa shape index (κ2) is 8.17. The minimum absolute atomic E-state index is 0.0145. The lowest BCUT2D eigenvalue weighted by Gasteiger charge is -2.51. The maximum Gasteiger partial charge on any atom is 0.239 e. The normalized spacial score (nSPS) is 17.7. The third-order valence-corrected chi connectivity index (χ3v) is 5.55. The molecule has 0 atom stereocenters. The van der Waals surface area contributed by atoms with Gasteiger partial charge in [0.05, 0.1) is 26.2 Å². The summed E-state index contributed by atoms with van der Waals surface area (Å²) in [5.74, 6) is 1.61. The molecule has 2 aromatic rings. The molecule has 2 fully saturated rings. The highest BCUT2D eigenvalue weighted by atomic mass is 16.5. The van der Waals surface area contributed by atoms with E-state index in [9.17, 15) is 9.59 Å². The molecule has 0 radical (unpaired) electrons. The van der Waals surface area contributed by atoms with Crippen molar-refractivity contribution < 1.29 is 19.1 Å². The number of anilines is 1. The fourth-order valence-electron chi connectivity index (χ4n) is 4.07. The van der Waals surface area contributed by atoms with Gasteiger partial charge < -0.3 is 24.6 Å². The molecule has 1 aromatic carbocycles. The van der Waals surface area contributed by atoms with E-state index < -0.39 is 5.41 Å². The highest BCUT2D eigenvalue weighted by Gasteiger charge is 2.52. The summed E-state index contributed by atoms with van der Waals surface area (Å²) in [5, 5.41) is 2.77. The number of ether oxygens (including phenoxy) is 2. The number of aromatic nitrogens is 2. The Labute approximate surface area is 175 Å². The van der Waals surface area contributed by atoms with Crippen LogP contribution in [0.4, 0.5) is 5.95 Å². The van der Waals surface area contributed by atoms with E-state index in [-0.39, 0.29) is 18.4 Å². The van der Waals surface area contributed by atoms with Crippen LogP contribution in [0, 0.1) is 5.41 Å². The van der Waals surface area contributed by atoms with Crippen LogP contribution in [0.5, 0.6) is 11.6 Å². The van der Waals surface area contributed by atoms with E-state index in [1.54, 1.807) is 31.4 Å². The molecule has 2 aliphatic rings. The largest absolute Gasteiger partial charge is 0.497 e. The van der Waals surface area contributed by atoms with E-state index in [1.807, 2.05) is 29.2 Å². The maximum absolute atomic E-state index is 13.5. The zero-order valence-corrected chi connectivity index (χ0v) is 17.1. The van der Waals surface area contributed by atoms with Crippen molar-refractivity contribution in [3.8, 4) is 11.6 Å². The lowest BCUT2D eigenvalue weighted by molar-refractivity contribution is -0.148. The van der Waals surface area contributed by atoms with Crippen molar-refractivity contribution in [2.45, 2.75) is 6.42 Å². The molecule has 0 aliphatic carbocycles.